The molecular weight excluding hydrogens is 324 g/mol. The molecule has 1 aliphatic heterocycles. The van der Waals surface area contributed by atoms with Gasteiger partial charge in [0, 0.05) is 5.56 Å². The third kappa shape index (κ3) is 2.71. The summed E-state index contributed by atoms with van der Waals surface area (Å²) in [6.45, 7) is 1.01. The van der Waals surface area contributed by atoms with Crippen LogP contribution in [-0.4, -0.2) is 24.9 Å². The van der Waals surface area contributed by atoms with Gasteiger partial charge in [0.05, 0.1) is 22.0 Å². The smallest absolute Gasteiger partial charge is 0.238 e. The summed E-state index contributed by atoms with van der Waals surface area (Å²) in [7, 11) is -3.78. The number of fused-ring (bicyclic) bond motifs is 1. The van der Waals surface area contributed by atoms with Crippen LogP contribution in [0, 0.1) is 0 Å². The van der Waals surface area contributed by atoms with Crippen molar-refractivity contribution in [1.29, 1.82) is 0 Å². The van der Waals surface area contributed by atoms with Crippen molar-refractivity contribution >= 4 is 21.1 Å². The second-order valence-corrected chi connectivity index (χ2v) is 7.57. The first kappa shape index (κ1) is 15.3. The second kappa shape index (κ2) is 5.70. The Morgan fingerprint density at radius 3 is 2.75 bits per heavy atom. The molecule has 0 amide bonds. The van der Waals surface area contributed by atoms with E-state index in [4.69, 9.17) is 5.14 Å². The fraction of sp³-hybridized carbons (Fsp3) is 0.235. The Balaban J connectivity index is 1.81. The highest BCUT2D eigenvalue weighted by Gasteiger charge is 2.20. The van der Waals surface area contributed by atoms with Crippen molar-refractivity contribution in [2.75, 3.05) is 6.54 Å². The monoisotopic (exact) mass is 342 g/mol. The number of nitrogens with two attached hydrogens (primary N) is 1. The number of imidazole rings is 1. The van der Waals surface area contributed by atoms with E-state index >= 15 is 0 Å². The van der Waals surface area contributed by atoms with Gasteiger partial charge in [0.15, 0.2) is 0 Å². The number of nitrogens with zero attached hydrogens (tertiary/aromatic N) is 1. The Morgan fingerprint density at radius 1 is 1.17 bits per heavy atom. The molecule has 7 heteroatoms. The lowest BCUT2D eigenvalue weighted by Crippen LogP contribution is -2.13. The number of rotatable bonds is 3. The molecule has 0 radical (unpaired) electrons. The van der Waals surface area contributed by atoms with Crippen LogP contribution in [0.4, 0.5) is 0 Å². The normalized spacial score (nSPS) is 18.3. The van der Waals surface area contributed by atoms with Gasteiger partial charge in [0.25, 0.3) is 0 Å². The molecule has 2 heterocycles. The molecule has 4 N–H and O–H groups in total. The fourth-order valence-electron chi connectivity index (χ4n) is 3.23. The number of benzene rings is 2. The van der Waals surface area contributed by atoms with E-state index in [-0.39, 0.29) is 10.9 Å². The lowest BCUT2D eigenvalue weighted by Gasteiger charge is -2.07. The zero-order valence-electron chi connectivity index (χ0n) is 13.0. The third-order valence-electron chi connectivity index (χ3n) is 4.40. The van der Waals surface area contributed by atoms with Crippen LogP contribution >= 0.6 is 0 Å². The molecule has 4 rings (SSSR count). The van der Waals surface area contributed by atoms with Gasteiger partial charge >= 0.3 is 0 Å². The van der Waals surface area contributed by atoms with E-state index in [2.05, 4.69) is 15.3 Å². The van der Waals surface area contributed by atoms with E-state index in [1.54, 1.807) is 18.2 Å². The summed E-state index contributed by atoms with van der Waals surface area (Å²) < 4.78 is 23.6. The van der Waals surface area contributed by atoms with Gasteiger partial charge in [-0.2, -0.15) is 0 Å². The molecule has 0 aliphatic carbocycles. The van der Waals surface area contributed by atoms with Crippen molar-refractivity contribution in [3.8, 4) is 11.1 Å². The molecule has 0 spiro atoms. The molecule has 2 aromatic carbocycles. The van der Waals surface area contributed by atoms with Gasteiger partial charge in [-0.15, -0.1) is 0 Å². The molecule has 1 saturated heterocycles. The Labute approximate surface area is 140 Å². The maximum absolute atomic E-state index is 11.8. The number of sulfonamides is 1. The molecule has 0 bridgehead atoms. The Hall–Kier alpha value is -2.22. The molecule has 1 aromatic heterocycles. The van der Waals surface area contributed by atoms with E-state index in [0.717, 1.165) is 41.8 Å². The van der Waals surface area contributed by atoms with Crippen molar-refractivity contribution in [1.82, 2.24) is 15.3 Å². The highest BCUT2D eigenvalue weighted by atomic mass is 32.2. The number of aromatic amines is 1. The van der Waals surface area contributed by atoms with Crippen molar-refractivity contribution < 1.29 is 8.42 Å². The van der Waals surface area contributed by atoms with E-state index in [9.17, 15) is 8.42 Å². The quantitative estimate of drug-likeness (QED) is 0.680. The van der Waals surface area contributed by atoms with E-state index in [0.29, 0.717) is 5.56 Å². The fourth-order valence-corrected chi connectivity index (χ4v) is 3.99. The summed E-state index contributed by atoms with van der Waals surface area (Å²) in [5.41, 5.74) is 3.15. The second-order valence-electron chi connectivity index (χ2n) is 6.04. The van der Waals surface area contributed by atoms with Crippen LogP contribution in [0.3, 0.4) is 0 Å². The van der Waals surface area contributed by atoms with Crippen molar-refractivity contribution in [2.45, 2.75) is 23.8 Å². The van der Waals surface area contributed by atoms with Gasteiger partial charge in [-0.25, -0.2) is 18.5 Å². The molecule has 124 valence electrons. The lowest BCUT2D eigenvalue weighted by atomic mass is 10.1. The van der Waals surface area contributed by atoms with Gasteiger partial charge in [-0.3, -0.25) is 0 Å². The van der Waals surface area contributed by atoms with Crippen molar-refractivity contribution in [3.63, 3.8) is 0 Å². The van der Waals surface area contributed by atoms with E-state index < -0.39 is 10.0 Å². The van der Waals surface area contributed by atoms with Crippen LogP contribution in [0.2, 0.25) is 0 Å². The number of hydrogen-bond donors (Lipinski definition) is 3. The molecule has 1 fully saturated rings. The van der Waals surface area contributed by atoms with Crippen LogP contribution in [0.5, 0.6) is 0 Å². The Bertz CT molecular complexity index is 1000. The summed E-state index contributed by atoms with van der Waals surface area (Å²) in [5.74, 6) is 0.930. The minimum absolute atomic E-state index is 0.126. The highest BCUT2D eigenvalue weighted by molar-refractivity contribution is 7.89. The van der Waals surface area contributed by atoms with E-state index in [1.807, 2.05) is 18.2 Å². The first-order chi connectivity index (χ1) is 11.5. The summed E-state index contributed by atoms with van der Waals surface area (Å²) in [6, 6.07) is 12.7. The molecule has 24 heavy (non-hydrogen) atoms. The SMILES string of the molecule is NS(=O)(=O)c1ccccc1-c1ccc2nc([C@@H]3CCCN3)[nH]c2c1. The average molecular weight is 342 g/mol. The molecule has 0 saturated carbocycles. The van der Waals surface area contributed by atoms with Crippen LogP contribution in [0.15, 0.2) is 47.4 Å². The van der Waals surface area contributed by atoms with Crippen molar-refractivity contribution in [2.24, 2.45) is 5.14 Å². The molecule has 0 unspecified atom stereocenters. The number of nitrogens with one attached hydrogen (secondary N) is 2. The van der Waals surface area contributed by atoms with Gasteiger partial charge in [0.2, 0.25) is 10.0 Å². The highest BCUT2D eigenvalue weighted by Crippen LogP contribution is 2.30. The minimum Gasteiger partial charge on any atom is -0.341 e. The first-order valence-corrected chi connectivity index (χ1v) is 9.42. The lowest BCUT2D eigenvalue weighted by molar-refractivity contribution is 0.598. The molecule has 3 aromatic rings. The number of primary sulfonamides is 1. The number of aromatic nitrogens is 2. The predicted molar refractivity (Wildman–Crippen MR) is 92.9 cm³/mol. The average Bonchev–Trinajstić information content (AvgIpc) is 3.22. The van der Waals surface area contributed by atoms with Crippen LogP contribution in [-0.2, 0) is 10.0 Å². The maximum atomic E-state index is 11.8. The Morgan fingerprint density at radius 2 is 2.00 bits per heavy atom. The van der Waals surface area contributed by atoms with Crippen LogP contribution < -0.4 is 10.5 Å². The van der Waals surface area contributed by atoms with Crippen molar-refractivity contribution in [3.05, 3.63) is 48.3 Å². The zero-order valence-corrected chi connectivity index (χ0v) is 13.8. The summed E-state index contributed by atoms with van der Waals surface area (Å²) >= 11 is 0. The predicted octanol–water partition coefficient (Wildman–Crippen LogP) is 2.30. The zero-order chi connectivity index (χ0) is 16.7. The third-order valence-corrected chi connectivity index (χ3v) is 5.36. The Kier molecular flexibility index (Phi) is 3.64. The largest absolute Gasteiger partial charge is 0.341 e. The summed E-state index contributed by atoms with van der Waals surface area (Å²) in [6.07, 6.45) is 2.22. The topological polar surface area (TPSA) is 101 Å². The minimum atomic E-state index is -3.78. The number of H-pyrrole nitrogens is 1. The summed E-state index contributed by atoms with van der Waals surface area (Å²) in [4.78, 5) is 8.12. The van der Waals surface area contributed by atoms with Gasteiger partial charge < -0.3 is 10.3 Å². The molecule has 1 atom stereocenters. The van der Waals surface area contributed by atoms with Crippen LogP contribution in [0.25, 0.3) is 22.2 Å². The van der Waals surface area contributed by atoms with Crippen LogP contribution in [0.1, 0.15) is 24.7 Å². The van der Waals surface area contributed by atoms with E-state index in [1.165, 1.54) is 6.07 Å². The molecular formula is C17H18N4O2S. The summed E-state index contributed by atoms with van der Waals surface area (Å²) in [5, 5.41) is 8.76. The molecule has 1 aliphatic rings. The number of hydrogen-bond acceptors (Lipinski definition) is 4. The molecule has 6 nitrogen and oxygen atoms in total. The van der Waals surface area contributed by atoms with Gasteiger partial charge in [0.1, 0.15) is 5.82 Å². The van der Waals surface area contributed by atoms with Gasteiger partial charge in [-0.1, -0.05) is 24.3 Å². The first-order valence-electron chi connectivity index (χ1n) is 7.87. The standard InChI is InChI=1S/C17H18N4O2S/c18-24(22,23)16-6-2-1-4-12(16)11-7-8-13-15(10-11)21-17(20-13)14-5-3-9-19-14/h1-2,4,6-8,10,14,19H,3,5,9H2,(H,20,21)(H2,18,22,23)/t14-/m0/s1. The maximum Gasteiger partial charge on any atom is 0.238 e. The van der Waals surface area contributed by atoms with Gasteiger partial charge in [-0.05, 0) is 43.1 Å².